The molecule has 0 fully saturated rings. The maximum Gasteiger partial charge on any atom is 0.178 e. The molecule has 0 unspecified atom stereocenters. The van der Waals surface area contributed by atoms with Crippen LogP contribution in [0.3, 0.4) is 0 Å². The number of benzene rings is 1. The van der Waals surface area contributed by atoms with Crippen LogP contribution in [0.4, 0.5) is 11.5 Å². The van der Waals surface area contributed by atoms with Crippen molar-refractivity contribution in [3.05, 3.63) is 66.5 Å². The monoisotopic (exact) mass is 355 g/mol. The van der Waals surface area contributed by atoms with Gasteiger partial charge in [-0.05, 0) is 55.6 Å². The molecule has 0 spiro atoms. The van der Waals surface area contributed by atoms with E-state index in [2.05, 4.69) is 42.6 Å². The fraction of sp³-hybridized carbons (Fsp3) is 0.100. The second-order valence-corrected chi connectivity index (χ2v) is 6.47. The molecule has 27 heavy (non-hydrogen) atoms. The number of nitrogens with one attached hydrogen (secondary N) is 2. The lowest BCUT2D eigenvalue weighted by atomic mass is 10.1. The number of aromatic nitrogens is 6. The van der Waals surface area contributed by atoms with Crippen molar-refractivity contribution in [3.63, 3.8) is 0 Å². The molecule has 0 aliphatic carbocycles. The van der Waals surface area contributed by atoms with Gasteiger partial charge in [0.15, 0.2) is 5.82 Å². The van der Waals surface area contributed by atoms with Crippen LogP contribution in [0.5, 0.6) is 0 Å². The summed E-state index contributed by atoms with van der Waals surface area (Å²) in [5.41, 5.74) is 3.63. The summed E-state index contributed by atoms with van der Waals surface area (Å²) < 4.78 is 2.02. The molecule has 5 aromatic rings. The van der Waals surface area contributed by atoms with Crippen LogP contribution < -0.4 is 5.32 Å². The number of aryl methyl sites for hydroxylation is 2. The quantitative estimate of drug-likeness (QED) is 0.510. The third-order valence-electron chi connectivity index (χ3n) is 4.56. The Kier molecular flexibility index (Phi) is 3.39. The predicted octanol–water partition coefficient (Wildman–Crippen LogP) is 4.05. The Morgan fingerprint density at radius 3 is 2.81 bits per heavy atom. The van der Waals surface area contributed by atoms with Gasteiger partial charge in [0.2, 0.25) is 0 Å². The molecule has 0 aliphatic rings. The highest BCUT2D eigenvalue weighted by atomic mass is 15.2. The molecular formula is C20H17N7. The Morgan fingerprint density at radius 1 is 1.04 bits per heavy atom. The van der Waals surface area contributed by atoms with Crippen LogP contribution in [0.15, 0.2) is 55.0 Å². The van der Waals surface area contributed by atoms with Crippen molar-refractivity contribution in [2.75, 3.05) is 5.32 Å². The largest absolute Gasteiger partial charge is 0.337 e. The van der Waals surface area contributed by atoms with Gasteiger partial charge in [-0.25, -0.2) is 9.97 Å². The Balaban J connectivity index is 1.57. The van der Waals surface area contributed by atoms with Crippen LogP contribution in [-0.2, 0) is 0 Å². The molecule has 0 saturated heterocycles. The van der Waals surface area contributed by atoms with E-state index in [-0.39, 0.29) is 0 Å². The third-order valence-corrected chi connectivity index (χ3v) is 4.56. The number of rotatable bonds is 3. The predicted molar refractivity (Wildman–Crippen MR) is 106 cm³/mol. The molecule has 2 N–H and O–H groups in total. The number of hydrogen-bond acceptors (Lipinski definition) is 5. The number of pyridine rings is 2. The number of H-pyrrole nitrogens is 1. The summed E-state index contributed by atoms with van der Waals surface area (Å²) in [6, 6.07) is 12.0. The molecule has 0 bridgehead atoms. The highest BCUT2D eigenvalue weighted by Gasteiger charge is 2.11. The standard InChI is InChI=1S/C20H17N7/c1-12-11-27(13(2)23-12)20-16-6-5-15(10-14(16)7-9-22-20)24-19-18-17(25-26-19)4-3-8-21-18/h3-11H,1-2H3,(H2,24,25,26). The zero-order valence-corrected chi connectivity index (χ0v) is 14.9. The molecular weight excluding hydrogens is 338 g/mol. The number of aromatic amines is 1. The minimum absolute atomic E-state index is 0.709. The van der Waals surface area contributed by atoms with Crippen LogP contribution in [0.25, 0.3) is 27.6 Å². The van der Waals surface area contributed by atoms with Gasteiger partial charge in [-0.2, -0.15) is 5.10 Å². The van der Waals surface area contributed by atoms with Crippen LogP contribution in [0, 0.1) is 13.8 Å². The first-order valence-corrected chi connectivity index (χ1v) is 8.67. The first-order valence-electron chi connectivity index (χ1n) is 8.67. The molecule has 1 aromatic carbocycles. The SMILES string of the molecule is Cc1cn(-c2nccc3cc(Nc4n[nH]c5cccnc45)ccc23)c(C)n1. The Hall–Kier alpha value is -3.74. The minimum Gasteiger partial charge on any atom is -0.337 e. The zero-order chi connectivity index (χ0) is 18.4. The molecule has 132 valence electrons. The Labute approximate surface area is 155 Å². The summed E-state index contributed by atoms with van der Waals surface area (Å²) in [7, 11) is 0. The topological polar surface area (TPSA) is 84.3 Å². The van der Waals surface area contributed by atoms with Crippen molar-refractivity contribution in [2.45, 2.75) is 13.8 Å². The first-order chi connectivity index (χ1) is 13.2. The van der Waals surface area contributed by atoms with Gasteiger partial charge in [0.1, 0.15) is 17.2 Å². The molecule has 7 nitrogen and oxygen atoms in total. The highest BCUT2D eigenvalue weighted by molar-refractivity contribution is 5.93. The van der Waals surface area contributed by atoms with Crippen LogP contribution in [-0.4, -0.2) is 29.7 Å². The number of anilines is 2. The molecule has 0 saturated carbocycles. The number of imidazole rings is 1. The first kappa shape index (κ1) is 15.5. The maximum absolute atomic E-state index is 4.57. The summed E-state index contributed by atoms with van der Waals surface area (Å²) in [5.74, 6) is 2.51. The van der Waals surface area contributed by atoms with Crippen molar-refractivity contribution < 1.29 is 0 Å². The fourth-order valence-corrected chi connectivity index (χ4v) is 3.34. The molecule has 5 rings (SSSR count). The van der Waals surface area contributed by atoms with Gasteiger partial charge < -0.3 is 5.32 Å². The van der Waals surface area contributed by atoms with Gasteiger partial charge in [0.25, 0.3) is 0 Å². The van der Waals surface area contributed by atoms with Gasteiger partial charge in [-0.3, -0.25) is 14.6 Å². The Bertz CT molecular complexity index is 1280. The molecule has 0 aliphatic heterocycles. The normalized spacial score (nSPS) is 11.3. The average Bonchev–Trinajstić information content (AvgIpc) is 3.24. The van der Waals surface area contributed by atoms with Crippen LogP contribution >= 0.6 is 0 Å². The lowest BCUT2D eigenvalue weighted by Gasteiger charge is -2.10. The molecule has 0 amide bonds. The zero-order valence-electron chi connectivity index (χ0n) is 14.9. The number of fused-ring (bicyclic) bond motifs is 2. The van der Waals surface area contributed by atoms with Crippen molar-refractivity contribution in [2.24, 2.45) is 0 Å². The van der Waals surface area contributed by atoms with Crippen LogP contribution in [0.1, 0.15) is 11.5 Å². The van der Waals surface area contributed by atoms with Crippen molar-refractivity contribution >= 4 is 33.3 Å². The van der Waals surface area contributed by atoms with Gasteiger partial charge in [0.05, 0.1) is 11.2 Å². The summed E-state index contributed by atoms with van der Waals surface area (Å²) in [4.78, 5) is 13.4. The van der Waals surface area contributed by atoms with Crippen LogP contribution in [0.2, 0.25) is 0 Å². The van der Waals surface area contributed by atoms with Crippen molar-refractivity contribution in [1.29, 1.82) is 0 Å². The van der Waals surface area contributed by atoms with Gasteiger partial charge in [-0.15, -0.1) is 0 Å². The van der Waals surface area contributed by atoms with E-state index >= 15 is 0 Å². The minimum atomic E-state index is 0.709. The van der Waals surface area contributed by atoms with Crippen molar-refractivity contribution in [1.82, 2.24) is 29.7 Å². The lowest BCUT2D eigenvalue weighted by Crippen LogP contribution is -2.00. The second-order valence-electron chi connectivity index (χ2n) is 6.47. The average molecular weight is 355 g/mol. The van der Waals surface area contributed by atoms with E-state index in [4.69, 9.17) is 0 Å². The number of nitrogens with zero attached hydrogens (tertiary/aromatic N) is 5. The van der Waals surface area contributed by atoms with E-state index in [1.165, 1.54) is 0 Å². The van der Waals surface area contributed by atoms with Gasteiger partial charge in [0, 0.05) is 29.7 Å². The maximum atomic E-state index is 4.57. The smallest absolute Gasteiger partial charge is 0.178 e. The van der Waals surface area contributed by atoms with E-state index in [0.717, 1.165) is 44.8 Å². The highest BCUT2D eigenvalue weighted by Crippen LogP contribution is 2.27. The van der Waals surface area contributed by atoms with E-state index in [1.807, 2.05) is 55.1 Å². The van der Waals surface area contributed by atoms with Gasteiger partial charge in [-0.1, -0.05) is 0 Å². The summed E-state index contributed by atoms with van der Waals surface area (Å²) in [6.45, 7) is 3.97. The lowest BCUT2D eigenvalue weighted by molar-refractivity contribution is 0.943. The van der Waals surface area contributed by atoms with Gasteiger partial charge >= 0.3 is 0 Å². The second kappa shape index (κ2) is 5.91. The van der Waals surface area contributed by atoms with Crippen molar-refractivity contribution in [3.8, 4) is 5.82 Å². The van der Waals surface area contributed by atoms with E-state index in [9.17, 15) is 0 Å². The summed E-state index contributed by atoms with van der Waals surface area (Å²) >= 11 is 0. The molecule has 4 heterocycles. The Morgan fingerprint density at radius 2 is 1.96 bits per heavy atom. The number of hydrogen-bond donors (Lipinski definition) is 2. The summed E-state index contributed by atoms with van der Waals surface area (Å²) in [5, 5.41) is 12.8. The third kappa shape index (κ3) is 2.60. The summed E-state index contributed by atoms with van der Waals surface area (Å²) in [6.07, 6.45) is 5.59. The van der Waals surface area contributed by atoms with E-state index < -0.39 is 0 Å². The molecule has 7 heteroatoms. The van der Waals surface area contributed by atoms with E-state index in [0.29, 0.717) is 5.82 Å². The molecule has 0 atom stereocenters. The van der Waals surface area contributed by atoms with E-state index in [1.54, 1.807) is 6.20 Å². The fourth-order valence-electron chi connectivity index (χ4n) is 3.34. The molecule has 0 radical (unpaired) electrons. The molecule has 4 aromatic heterocycles.